The first-order valence-electron chi connectivity index (χ1n) is 9.26. The van der Waals surface area contributed by atoms with E-state index >= 15 is 0 Å². The Labute approximate surface area is 169 Å². The molecule has 0 fully saturated rings. The number of ether oxygens (including phenoxy) is 2. The molecule has 0 aliphatic heterocycles. The zero-order valence-electron chi connectivity index (χ0n) is 16.3. The summed E-state index contributed by atoms with van der Waals surface area (Å²) in [6.07, 6.45) is -10.3. The number of halogens is 6. The van der Waals surface area contributed by atoms with Gasteiger partial charge >= 0.3 is 18.5 Å². The molecular weight excluding hydrogens is 414 g/mol. The van der Waals surface area contributed by atoms with Gasteiger partial charge in [0.05, 0.1) is 0 Å². The summed E-state index contributed by atoms with van der Waals surface area (Å²) in [5.74, 6) is -1.64. The van der Waals surface area contributed by atoms with Crippen LogP contribution in [-0.2, 0) is 25.2 Å². The predicted octanol–water partition coefficient (Wildman–Crippen LogP) is 7.21. The van der Waals surface area contributed by atoms with E-state index in [1.54, 1.807) is 13.8 Å². The molecule has 3 nitrogen and oxygen atoms in total. The molecule has 0 saturated heterocycles. The number of carbonyl (C=O) groups is 1. The molecule has 0 radical (unpaired) electrons. The van der Waals surface area contributed by atoms with Crippen LogP contribution in [0.5, 0.6) is 11.5 Å². The topological polar surface area (TPSA) is 35.5 Å². The van der Waals surface area contributed by atoms with Gasteiger partial charge in [0.2, 0.25) is 0 Å². The van der Waals surface area contributed by atoms with Gasteiger partial charge in [0.15, 0.2) is 0 Å². The number of carbonyl (C=O) groups excluding carboxylic acids is 1. The minimum Gasteiger partial charge on any atom is -0.394 e. The summed E-state index contributed by atoms with van der Waals surface area (Å²) in [5, 5.41) is 0. The van der Waals surface area contributed by atoms with Crippen molar-refractivity contribution in [1.82, 2.24) is 0 Å². The maximum Gasteiger partial charge on any atom is 0.519 e. The predicted molar refractivity (Wildman–Crippen MR) is 97.5 cm³/mol. The second kappa shape index (κ2) is 9.40. The molecule has 0 unspecified atom stereocenters. The van der Waals surface area contributed by atoms with Crippen LogP contribution in [0.4, 0.5) is 31.1 Å². The normalized spacial score (nSPS) is 12.0. The Bertz CT molecular complexity index is 816. The first-order chi connectivity index (χ1) is 14.0. The molecule has 0 aromatic heterocycles. The van der Waals surface area contributed by atoms with Gasteiger partial charge in [-0.3, -0.25) is 0 Å². The Morgan fingerprint density at radius 1 is 0.733 bits per heavy atom. The lowest BCUT2D eigenvalue weighted by Crippen LogP contribution is -2.20. The number of hydrogen-bond acceptors (Lipinski definition) is 3. The molecule has 0 saturated carbocycles. The van der Waals surface area contributed by atoms with Crippen LogP contribution in [0.2, 0.25) is 0 Å². The summed E-state index contributed by atoms with van der Waals surface area (Å²) in [4.78, 5) is 12.1. The Balaban J connectivity index is 2.38. The van der Waals surface area contributed by atoms with Gasteiger partial charge in [-0.25, -0.2) is 4.79 Å². The summed E-state index contributed by atoms with van der Waals surface area (Å²) in [6.45, 7) is 3.37. The van der Waals surface area contributed by atoms with E-state index in [1.807, 2.05) is 0 Å². The third-order valence-electron chi connectivity index (χ3n) is 4.22. The highest BCUT2D eigenvalue weighted by Crippen LogP contribution is 2.41. The van der Waals surface area contributed by atoms with Crippen LogP contribution in [0.25, 0.3) is 0 Å². The fourth-order valence-electron chi connectivity index (χ4n) is 3.12. The SMILES string of the molecule is CCCc1cccc(OC(=O)Oc2cccc(CCC)c2C(F)(F)F)c1C(F)(F)F. The van der Waals surface area contributed by atoms with E-state index < -0.39 is 41.1 Å². The molecule has 9 heteroatoms. The van der Waals surface area contributed by atoms with E-state index in [2.05, 4.69) is 9.47 Å². The number of aryl methyl sites for hydroxylation is 2. The van der Waals surface area contributed by atoms with Crippen LogP contribution in [0.1, 0.15) is 48.9 Å². The van der Waals surface area contributed by atoms with Gasteiger partial charge in [0.25, 0.3) is 0 Å². The first kappa shape index (κ1) is 23.6. The molecule has 0 bridgehead atoms. The summed E-state index contributed by atoms with van der Waals surface area (Å²) in [5.41, 5.74) is -2.48. The molecule has 0 heterocycles. The van der Waals surface area contributed by atoms with Crippen molar-refractivity contribution in [3.8, 4) is 11.5 Å². The Morgan fingerprint density at radius 3 is 1.40 bits per heavy atom. The van der Waals surface area contributed by atoms with Crippen molar-refractivity contribution in [2.45, 2.75) is 51.9 Å². The van der Waals surface area contributed by atoms with Crippen molar-refractivity contribution in [1.29, 1.82) is 0 Å². The standard InChI is InChI=1S/C21H20F6O3/c1-3-7-13-9-5-11-15(17(13)20(22,23)24)29-19(28)30-16-12-6-10-14(8-4-2)18(16)21(25,26)27/h5-6,9-12H,3-4,7-8H2,1-2H3. The summed E-state index contributed by atoms with van der Waals surface area (Å²) in [7, 11) is 0. The summed E-state index contributed by atoms with van der Waals surface area (Å²) in [6, 6.07) is 6.88. The number of hydrogen-bond donors (Lipinski definition) is 0. The van der Waals surface area contributed by atoms with Gasteiger partial charge in [-0.05, 0) is 36.1 Å². The van der Waals surface area contributed by atoms with E-state index in [-0.39, 0.29) is 24.0 Å². The fourth-order valence-corrected chi connectivity index (χ4v) is 3.12. The third-order valence-corrected chi connectivity index (χ3v) is 4.22. The summed E-state index contributed by atoms with van der Waals surface area (Å²) < 4.78 is 90.3. The highest BCUT2D eigenvalue weighted by molar-refractivity contribution is 5.69. The van der Waals surface area contributed by atoms with Crippen LogP contribution in [0, 0.1) is 0 Å². The lowest BCUT2D eigenvalue weighted by Gasteiger charge is -2.18. The van der Waals surface area contributed by atoms with Crippen molar-refractivity contribution in [2.24, 2.45) is 0 Å². The maximum absolute atomic E-state index is 13.5. The molecule has 0 N–H and O–H groups in total. The molecule has 0 aliphatic rings. The molecule has 164 valence electrons. The lowest BCUT2D eigenvalue weighted by molar-refractivity contribution is -0.139. The Morgan fingerprint density at radius 2 is 1.10 bits per heavy atom. The van der Waals surface area contributed by atoms with Crippen LogP contribution in [0.15, 0.2) is 36.4 Å². The second-order valence-corrected chi connectivity index (χ2v) is 6.53. The molecule has 0 atom stereocenters. The molecule has 0 amide bonds. The van der Waals surface area contributed by atoms with Crippen LogP contribution < -0.4 is 9.47 Å². The zero-order valence-corrected chi connectivity index (χ0v) is 16.3. The minimum absolute atomic E-state index is 0.0817. The molecule has 0 spiro atoms. The van der Waals surface area contributed by atoms with Gasteiger partial charge in [0, 0.05) is 0 Å². The van der Waals surface area contributed by atoms with E-state index in [9.17, 15) is 31.1 Å². The monoisotopic (exact) mass is 434 g/mol. The van der Waals surface area contributed by atoms with Crippen molar-refractivity contribution in [3.63, 3.8) is 0 Å². The highest BCUT2D eigenvalue weighted by atomic mass is 19.4. The lowest BCUT2D eigenvalue weighted by atomic mass is 10.0. The van der Waals surface area contributed by atoms with Crippen molar-refractivity contribution < 1.29 is 40.6 Å². The van der Waals surface area contributed by atoms with Gasteiger partial charge in [-0.1, -0.05) is 51.0 Å². The molecule has 30 heavy (non-hydrogen) atoms. The largest absolute Gasteiger partial charge is 0.519 e. The van der Waals surface area contributed by atoms with Gasteiger partial charge < -0.3 is 9.47 Å². The van der Waals surface area contributed by atoms with E-state index in [0.29, 0.717) is 12.8 Å². The van der Waals surface area contributed by atoms with E-state index in [1.165, 1.54) is 24.3 Å². The number of alkyl halides is 6. The fraction of sp³-hybridized carbons (Fsp3) is 0.381. The molecule has 0 aliphatic carbocycles. The van der Waals surface area contributed by atoms with E-state index in [0.717, 1.165) is 12.1 Å². The van der Waals surface area contributed by atoms with E-state index in [4.69, 9.17) is 0 Å². The van der Waals surface area contributed by atoms with Crippen molar-refractivity contribution >= 4 is 6.16 Å². The third kappa shape index (κ3) is 5.67. The molecular formula is C21H20F6O3. The highest BCUT2D eigenvalue weighted by Gasteiger charge is 2.39. The molecule has 2 aromatic rings. The Hall–Kier alpha value is -2.71. The average Bonchev–Trinajstić information content (AvgIpc) is 2.60. The zero-order chi connectivity index (χ0) is 22.5. The smallest absolute Gasteiger partial charge is 0.394 e. The first-order valence-corrected chi connectivity index (χ1v) is 9.26. The van der Waals surface area contributed by atoms with Crippen molar-refractivity contribution in [2.75, 3.05) is 0 Å². The van der Waals surface area contributed by atoms with Gasteiger partial charge in [-0.15, -0.1) is 0 Å². The van der Waals surface area contributed by atoms with Crippen LogP contribution in [0.3, 0.4) is 0 Å². The number of benzene rings is 2. The quantitative estimate of drug-likeness (QED) is 0.274. The minimum atomic E-state index is -4.82. The number of rotatable bonds is 6. The van der Waals surface area contributed by atoms with Crippen LogP contribution in [-0.4, -0.2) is 6.16 Å². The van der Waals surface area contributed by atoms with Gasteiger partial charge in [0.1, 0.15) is 22.6 Å². The molecule has 2 rings (SSSR count). The molecule has 2 aromatic carbocycles. The average molecular weight is 434 g/mol. The summed E-state index contributed by atoms with van der Waals surface area (Å²) >= 11 is 0. The van der Waals surface area contributed by atoms with Crippen LogP contribution >= 0.6 is 0 Å². The Kier molecular flexibility index (Phi) is 7.39. The maximum atomic E-state index is 13.5. The second-order valence-electron chi connectivity index (χ2n) is 6.53. The van der Waals surface area contributed by atoms with Gasteiger partial charge in [-0.2, -0.15) is 26.3 Å². The van der Waals surface area contributed by atoms with Crippen molar-refractivity contribution in [3.05, 3.63) is 58.7 Å².